The van der Waals surface area contributed by atoms with Gasteiger partial charge in [-0.1, -0.05) is 5.16 Å². The molecule has 29 heavy (non-hydrogen) atoms. The third-order valence-corrected chi connectivity index (χ3v) is 3.00. The summed E-state index contributed by atoms with van der Waals surface area (Å²) >= 11 is 0. The molecule has 0 rings (SSSR count). The first-order valence-electron chi connectivity index (χ1n) is 8.36. The van der Waals surface area contributed by atoms with Gasteiger partial charge in [0, 0.05) is 34.6 Å². The predicted octanol–water partition coefficient (Wildman–Crippen LogP) is -0.0915. The number of esters is 5. The van der Waals surface area contributed by atoms with E-state index >= 15 is 0 Å². The number of hydrogen-bond acceptors (Lipinski definition) is 12. The Balaban J connectivity index is 6.21. The van der Waals surface area contributed by atoms with E-state index in [2.05, 4.69) is 9.99 Å². The second-order valence-corrected chi connectivity index (χ2v) is 5.61. The second-order valence-electron chi connectivity index (χ2n) is 5.61. The Kier molecular flexibility index (Phi) is 11.6. The minimum Gasteiger partial charge on any atom is -0.462 e. The van der Waals surface area contributed by atoms with E-state index in [1.165, 1.54) is 7.11 Å². The fourth-order valence-corrected chi connectivity index (χ4v) is 2.16. The molecule has 0 aromatic heterocycles. The normalized spacial score (nSPS) is 14.7. The second kappa shape index (κ2) is 13.1. The molecule has 4 atom stereocenters. The lowest BCUT2D eigenvalue weighted by molar-refractivity contribution is -0.197. The maximum Gasteiger partial charge on any atom is 0.303 e. The van der Waals surface area contributed by atoms with Crippen molar-refractivity contribution in [2.24, 2.45) is 5.16 Å². The molecule has 0 aromatic rings. The molecule has 12 nitrogen and oxygen atoms in total. The van der Waals surface area contributed by atoms with Gasteiger partial charge in [-0.25, -0.2) is 0 Å². The van der Waals surface area contributed by atoms with Crippen molar-refractivity contribution in [2.45, 2.75) is 59.0 Å². The molecule has 0 aliphatic rings. The standard InChI is InChI=1S/C17H25NO11/c1-9(19)25-8-15(27-11(3)21)17(29-13(5)23)16(28-12(4)22)14(7-18-24-6)26-10(2)20/h7,14-17H,8H2,1-6H3/b18-7+. The number of hydrogen-bond donors (Lipinski definition) is 0. The lowest BCUT2D eigenvalue weighted by Gasteiger charge is -2.33. The summed E-state index contributed by atoms with van der Waals surface area (Å²) in [6, 6.07) is 0. The van der Waals surface area contributed by atoms with Crippen LogP contribution in [-0.2, 0) is 52.5 Å². The van der Waals surface area contributed by atoms with Crippen molar-refractivity contribution >= 4 is 36.1 Å². The summed E-state index contributed by atoms with van der Waals surface area (Å²) in [7, 11) is 1.22. The van der Waals surface area contributed by atoms with E-state index in [1.807, 2.05) is 0 Å². The lowest BCUT2D eigenvalue weighted by atomic mass is 10.0. The highest BCUT2D eigenvalue weighted by molar-refractivity contribution is 5.74. The van der Waals surface area contributed by atoms with Crippen molar-refractivity contribution in [2.75, 3.05) is 13.7 Å². The maximum absolute atomic E-state index is 11.7. The van der Waals surface area contributed by atoms with Crippen LogP contribution in [0.4, 0.5) is 0 Å². The Morgan fingerprint density at radius 2 is 1.21 bits per heavy atom. The maximum atomic E-state index is 11.7. The average Bonchev–Trinajstić information content (AvgIpc) is 2.57. The Labute approximate surface area is 167 Å². The van der Waals surface area contributed by atoms with Gasteiger partial charge >= 0.3 is 29.8 Å². The number of rotatable bonds is 11. The van der Waals surface area contributed by atoms with Crippen LogP contribution >= 0.6 is 0 Å². The molecular weight excluding hydrogens is 394 g/mol. The molecule has 0 amide bonds. The minimum absolute atomic E-state index is 0.529. The molecule has 0 spiro atoms. The number of carbonyl (C=O) groups excluding carboxylic acids is 5. The summed E-state index contributed by atoms with van der Waals surface area (Å²) in [5.74, 6) is -3.94. The number of carbonyl (C=O) groups is 5. The van der Waals surface area contributed by atoms with Crippen molar-refractivity contribution in [3.05, 3.63) is 0 Å². The highest BCUT2D eigenvalue weighted by Gasteiger charge is 2.43. The van der Waals surface area contributed by atoms with Gasteiger partial charge in [0.25, 0.3) is 0 Å². The summed E-state index contributed by atoms with van der Waals surface area (Å²) in [6.45, 7) is 4.85. The van der Waals surface area contributed by atoms with Crippen LogP contribution in [0, 0.1) is 0 Å². The molecule has 0 aromatic carbocycles. The van der Waals surface area contributed by atoms with Crippen molar-refractivity contribution in [1.29, 1.82) is 0 Å². The Hall–Kier alpha value is -3.18. The molecule has 0 radical (unpaired) electrons. The van der Waals surface area contributed by atoms with E-state index < -0.39 is 60.9 Å². The van der Waals surface area contributed by atoms with Crippen LogP contribution in [0.3, 0.4) is 0 Å². The van der Waals surface area contributed by atoms with Crippen LogP contribution < -0.4 is 0 Å². The first-order valence-corrected chi connectivity index (χ1v) is 8.36. The van der Waals surface area contributed by atoms with Crippen LogP contribution in [0.25, 0.3) is 0 Å². The van der Waals surface area contributed by atoms with E-state index in [4.69, 9.17) is 23.7 Å². The third-order valence-electron chi connectivity index (χ3n) is 3.00. The average molecular weight is 419 g/mol. The summed E-state index contributed by atoms with van der Waals surface area (Å²) in [5, 5.41) is 3.48. The molecule has 164 valence electrons. The predicted molar refractivity (Wildman–Crippen MR) is 94.4 cm³/mol. The molecule has 0 saturated carbocycles. The van der Waals surface area contributed by atoms with E-state index in [1.54, 1.807) is 0 Å². The SMILES string of the molecule is CO/N=C/C(OC(C)=O)C(OC(C)=O)C(OC(C)=O)C(COC(C)=O)OC(C)=O. The number of ether oxygens (including phenoxy) is 5. The molecule has 0 fully saturated rings. The smallest absolute Gasteiger partial charge is 0.303 e. The summed E-state index contributed by atoms with van der Waals surface area (Å²) in [6.07, 6.45) is -4.83. The van der Waals surface area contributed by atoms with Gasteiger partial charge in [-0.2, -0.15) is 0 Å². The largest absolute Gasteiger partial charge is 0.462 e. The molecule has 4 unspecified atom stereocenters. The molecule has 0 saturated heterocycles. The first kappa shape index (κ1) is 25.8. The molecule has 0 N–H and O–H groups in total. The van der Waals surface area contributed by atoms with Gasteiger partial charge in [0.2, 0.25) is 0 Å². The van der Waals surface area contributed by atoms with Crippen LogP contribution in [0.2, 0.25) is 0 Å². The van der Waals surface area contributed by atoms with Crippen LogP contribution in [0.5, 0.6) is 0 Å². The van der Waals surface area contributed by atoms with Gasteiger partial charge in [-0.15, -0.1) is 0 Å². The number of oxime groups is 1. The van der Waals surface area contributed by atoms with Crippen molar-refractivity contribution in [1.82, 2.24) is 0 Å². The Morgan fingerprint density at radius 3 is 1.62 bits per heavy atom. The summed E-state index contributed by atoms with van der Waals surface area (Å²) < 4.78 is 25.4. The van der Waals surface area contributed by atoms with Gasteiger partial charge in [-0.3, -0.25) is 24.0 Å². The fraction of sp³-hybridized carbons (Fsp3) is 0.647. The highest BCUT2D eigenvalue weighted by atomic mass is 16.6. The summed E-state index contributed by atoms with van der Waals surface area (Å²) in [5.41, 5.74) is 0. The number of nitrogens with zero attached hydrogens (tertiary/aromatic N) is 1. The van der Waals surface area contributed by atoms with Crippen LogP contribution in [-0.4, -0.2) is 74.2 Å². The van der Waals surface area contributed by atoms with Gasteiger partial charge in [-0.05, 0) is 0 Å². The van der Waals surface area contributed by atoms with E-state index in [9.17, 15) is 24.0 Å². The molecule has 0 aliphatic heterocycles. The Bertz CT molecular complexity index is 631. The van der Waals surface area contributed by atoms with E-state index in [-0.39, 0.29) is 0 Å². The lowest BCUT2D eigenvalue weighted by Crippen LogP contribution is -2.53. The summed E-state index contributed by atoms with van der Waals surface area (Å²) in [4.78, 5) is 62.0. The zero-order valence-corrected chi connectivity index (χ0v) is 17.0. The van der Waals surface area contributed by atoms with E-state index in [0.29, 0.717) is 0 Å². The Morgan fingerprint density at radius 1 is 0.724 bits per heavy atom. The van der Waals surface area contributed by atoms with Crippen LogP contribution in [0.1, 0.15) is 34.6 Å². The molecular formula is C17H25NO11. The van der Waals surface area contributed by atoms with Crippen LogP contribution in [0.15, 0.2) is 5.16 Å². The van der Waals surface area contributed by atoms with Crippen molar-refractivity contribution in [3.8, 4) is 0 Å². The highest BCUT2D eigenvalue weighted by Crippen LogP contribution is 2.19. The first-order chi connectivity index (χ1) is 13.5. The quantitative estimate of drug-likeness (QED) is 0.191. The third kappa shape index (κ3) is 11.3. The molecule has 12 heteroatoms. The van der Waals surface area contributed by atoms with Gasteiger partial charge in [0.05, 0.1) is 6.21 Å². The van der Waals surface area contributed by atoms with Gasteiger partial charge in [0.15, 0.2) is 24.4 Å². The minimum atomic E-state index is -1.52. The fourth-order valence-electron chi connectivity index (χ4n) is 2.16. The van der Waals surface area contributed by atoms with Gasteiger partial charge in [0.1, 0.15) is 13.7 Å². The molecule has 0 heterocycles. The van der Waals surface area contributed by atoms with E-state index in [0.717, 1.165) is 40.8 Å². The molecule has 0 bridgehead atoms. The van der Waals surface area contributed by atoms with Crippen molar-refractivity contribution in [3.63, 3.8) is 0 Å². The zero-order valence-electron chi connectivity index (χ0n) is 17.0. The molecule has 0 aliphatic carbocycles. The topological polar surface area (TPSA) is 153 Å². The van der Waals surface area contributed by atoms with Gasteiger partial charge < -0.3 is 28.5 Å². The van der Waals surface area contributed by atoms with Crippen molar-refractivity contribution < 1.29 is 52.5 Å². The monoisotopic (exact) mass is 419 g/mol. The zero-order chi connectivity index (χ0) is 22.6.